The first-order chi connectivity index (χ1) is 8.61. The first-order valence-electron chi connectivity index (χ1n) is 6.10. The molecular weight excluding hydrogens is 228 g/mol. The first kappa shape index (κ1) is 12.4. The molecule has 1 saturated heterocycles. The highest BCUT2D eigenvalue weighted by molar-refractivity contribution is 5.97. The molecule has 4 nitrogen and oxygen atoms in total. The van der Waals surface area contributed by atoms with E-state index in [-0.39, 0.29) is 17.6 Å². The highest BCUT2D eigenvalue weighted by Crippen LogP contribution is 2.23. The number of aryl methyl sites for hydroxylation is 1. The lowest BCUT2D eigenvalue weighted by atomic mass is 9.98. The quantitative estimate of drug-likeness (QED) is 0.822. The van der Waals surface area contributed by atoms with Gasteiger partial charge in [-0.1, -0.05) is 6.07 Å². The lowest BCUT2D eigenvalue weighted by molar-refractivity contribution is 0.0696. The predicted octanol–water partition coefficient (Wildman–Crippen LogP) is 2.08. The van der Waals surface area contributed by atoms with Gasteiger partial charge in [0.2, 0.25) is 0 Å². The molecule has 1 unspecified atom stereocenters. The van der Waals surface area contributed by atoms with Crippen molar-refractivity contribution in [3.8, 4) is 11.8 Å². The van der Waals surface area contributed by atoms with Crippen LogP contribution in [0.5, 0.6) is 5.75 Å². The van der Waals surface area contributed by atoms with Crippen LogP contribution in [-0.2, 0) is 0 Å². The summed E-state index contributed by atoms with van der Waals surface area (Å²) in [4.78, 5) is 13.9. The molecule has 1 aromatic carbocycles. The van der Waals surface area contributed by atoms with Gasteiger partial charge in [-0.15, -0.1) is 0 Å². The number of amides is 1. The van der Waals surface area contributed by atoms with Gasteiger partial charge in [-0.3, -0.25) is 4.79 Å². The van der Waals surface area contributed by atoms with E-state index in [2.05, 4.69) is 6.07 Å². The summed E-state index contributed by atoms with van der Waals surface area (Å²) in [5.74, 6) is -0.262. The molecule has 0 aliphatic carbocycles. The van der Waals surface area contributed by atoms with E-state index in [9.17, 15) is 9.90 Å². The summed E-state index contributed by atoms with van der Waals surface area (Å²) in [5.41, 5.74) is 1.23. The van der Waals surface area contributed by atoms with Gasteiger partial charge in [0.05, 0.1) is 17.6 Å². The molecule has 0 spiro atoms. The van der Waals surface area contributed by atoms with E-state index in [0.29, 0.717) is 18.7 Å². The Bertz CT molecular complexity index is 505. The van der Waals surface area contributed by atoms with Gasteiger partial charge in [0.25, 0.3) is 5.91 Å². The maximum absolute atomic E-state index is 12.2. The van der Waals surface area contributed by atoms with E-state index in [4.69, 9.17) is 5.26 Å². The molecule has 94 valence electrons. The molecule has 0 radical (unpaired) electrons. The Labute approximate surface area is 106 Å². The summed E-state index contributed by atoms with van der Waals surface area (Å²) in [6.45, 7) is 2.98. The largest absolute Gasteiger partial charge is 0.507 e. The molecular formula is C14H16N2O2. The van der Waals surface area contributed by atoms with Crippen molar-refractivity contribution >= 4 is 5.91 Å². The van der Waals surface area contributed by atoms with Crippen molar-refractivity contribution in [1.82, 2.24) is 4.90 Å². The van der Waals surface area contributed by atoms with Gasteiger partial charge in [0, 0.05) is 13.1 Å². The number of piperidine rings is 1. The maximum Gasteiger partial charge on any atom is 0.257 e. The number of hydrogen-bond acceptors (Lipinski definition) is 3. The third-order valence-corrected chi connectivity index (χ3v) is 3.27. The molecule has 4 heteroatoms. The number of nitriles is 1. The number of likely N-dealkylation sites (tertiary alicyclic amines) is 1. The fourth-order valence-electron chi connectivity index (χ4n) is 2.26. The van der Waals surface area contributed by atoms with Crippen LogP contribution in [0.2, 0.25) is 0 Å². The van der Waals surface area contributed by atoms with Gasteiger partial charge >= 0.3 is 0 Å². The summed E-state index contributed by atoms with van der Waals surface area (Å²) in [5, 5.41) is 18.7. The van der Waals surface area contributed by atoms with Gasteiger partial charge in [-0.2, -0.15) is 5.26 Å². The highest BCUT2D eigenvalue weighted by Gasteiger charge is 2.25. The number of carbonyl (C=O) groups excluding carboxylic acids is 1. The zero-order chi connectivity index (χ0) is 13.1. The van der Waals surface area contributed by atoms with Crippen LogP contribution in [0.1, 0.15) is 28.8 Å². The molecule has 1 heterocycles. The van der Waals surface area contributed by atoms with Crippen molar-refractivity contribution < 1.29 is 9.90 Å². The van der Waals surface area contributed by atoms with Crippen LogP contribution in [-0.4, -0.2) is 29.0 Å². The average molecular weight is 244 g/mol. The number of hydrogen-bond donors (Lipinski definition) is 1. The van der Waals surface area contributed by atoms with Crippen molar-refractivity contribution in [3.63, 3.8) is 0 Å². The normalized spacial score (nSPS) is 19.3. The van der Waals surface area contributed by atoms with Crippen LogP contribution < -0.4 is 0 Å². The number of rotatable bonds is 1. The van der Waals surface area contributed by atoms with Gasteiger partial charge in [0.1, 0.15) is 5.75 Å². The highest BCUT2D eigenvalue weighted by atomic mass is 16.3. The fraction of sp³-hybridized carbons (Fsp3) is 0.429. The predicted molar refractivity (Wildman–Crippen MR) is 67.1 cm³/mol. The number of carbonyl (C=O) groups is 1. The van der Waals surface area contributed by atoms with Gasteiger partial charge in [-0.25, -0.2) is 0 Å². The third-order valence-electron chi connectivity index (χ3n) is 3.27. The van der Waals surface area contributed by atoms with E-state index in [1.807, 2.05) is 6.92 Å². The Morgan fingerprint density at radius 1 is 1.56 bits per heavy atom. The van der Waals surface area contributed by atoms with Crippen LogP contribution in [0.3, 0.4) is 0 Å². The Balaban J connectivity index is 2.18. The second kappa shape index (κ2) is 5.09. The number of phenolic OH excluding ortho intramolecular Hbond substituents is 1. The molecule has 0 bridgehead atoms. The second-order valence-corrected chi connectivity index (χ2v) is 4.74. The summed E-state index contributed by atoms with van der Waals surface area (Å²) in [6.07, 6.45) is 1.69. The van der Waals surface area contributed by atoms with Gasteiger partial charge < -0.3 is 10.0 Å². The smallest absolute Gasteiger partial charge is 0.257 e. The molecule has 1 aliphatic rings. The molecule has 18 heavy (non-hydrogen) atoms. The Morgan fingerprint density at radius 2 is 2.33 bits per heavy atom. The van der Waals surface area contributed by atoms with E-state index < -0.39 is 0 Å². The van der Waals surface area contributed by atoms with Gasteiger partial charge in [-0.05, 0) is 37.5 Å². The van der Waals surface area contributed by atoms with Crippen LogP contribution in [0.15, 0.2) is 18.2 Å². The van der Waals surface area contributed by atoms with Crippen LogP contribution in [0.4, 0.5) is 0 Å². The minimum Gasteiger partial charge on any atom is -0.507 e. The average Bonchev–Trinajstić information content (AvgIpc) is 2.38. The maximum atomic E-state index is 12.2. The summed E-state index contributed by atoms with van der Waals surface area (Å²) in [7, 11) is 0. The first-order valence-corrected chi connectivity index (χ1v) is 6.10. The van der Waals surface area contributed by atoms with Crippen LogP contribution in [0.25, 0.3) is 0 Å². The molecule has 1 fully saturated rings. The molecule has 1 aliphatic heterocycles. The summed E-state index contributed by atoms with van der Waals surface area (Å²) in [6, 6.07) is 7.24. The minimum atomic E-state index is -0.188. The molecule has 2 rings (SSSR count). The third kappa shape index (κ3) is 2.45. The van der Waals surface area contributed by atoms with E-state index in [0.717, 1.165) is 18.4 Å². The van der Waals surface area contributed by atoms with Gasteiger partial charge in [0.15, 0.2) is 0 Å². The molecule has 1 amide bonds. The minimum absolute atomic E-state index is 0.0130. The molecule has 0 saturated carbocycles. The number of phenols is 1. The standard InChI is InChI=1S/C14H16N2O2/c1-10-4-5-12(13(17)7-10)14(18)16-6-2-3-11(8-15)9-16/h4-5,7,11,17H,2-3,6,9H2,1H3. The topological polar surface area (TPSA) is 64.3 Å². The lowest BCUT2D eigenvalue weighted by Crippen LogP contribution is -2.39. The molecule has 1 aromatic rings. The molecule has 0 aromatic heterocycles. The molecule has 1 atom stereocenters. The number of aromatic hydroxyl groups is 1. The van der Waals surface area contributed by atoms with Crippen molar-refractivity contribution in [2.24, 2.45) is 5.92 Å². The number of nitrogens with zero attached hydrogens (tertiary/aromatic N) is 2. The lowest BCUT2D eigenvalue weighted by Gasteiger charge is -2.29. The van der Waals surface area contributed by atoms with Crippen LogP contribution in [0, 0.1) is 24.2 Å². The van der Waals surface area contributed by atoms with E-state index >= 15 is 0 Å². The molecule has 1 N–H and O–H groups in total. The summed E-state index contributed by atoms with van der Waals surface area (Å²) < 4.78 is 0. The monoisotopic (exact) mass is 244 g/mol. The Morgan fingerprint density at radius 3 is 3.00 bits per heavy atom. The zero-order valence-corrected chi connectivity index (χ0v) is 10.4. The Kier molecular flexibility index (Phi) is 3.52. The fourth-order valence-corrected chi connectivity index (χ4v) is 2.26. The second-order valence-electron chi connectivity index (χ2n) is 4.74. The summed E-state index contributed by atoms with van der Waals surface area (Å²) >= 11 is 0. The van der Waals surface area contributed by atoms with Crippen molar-refractivity contribution in [1.29, 1.82) is 5.26 Å². The van der Waals surface area contributed by atoms with Crippen LogP contribution >= 0.6 is 0 Å². The number of benzene rings is 1. The zero-order valence-electron chi connectivity index (χ0n) is 10.4. The SMILES string of the molecule is Cc1ccc(C(=O)N2CCCC(C#N)C2)c(O)c1. The van der Waals surface area contributed by atoms with Crippen molar-refractivity contribution in [2.75, 3.05) is 13.1 Å². The van der Waals surface area contributed by atoms with Crippen molar-refractivity contribution in [3.05, 3.63) is 29.3 Å². The van der Waals surface area contributed by atoms with E-state index in [1.165, 1.54) is 0 Å². The van der Waals surface area contributed by atoms with E-state index in [1.54, 1.807) is 23.1 Å². The van der Waals surface area contributed by atoms with Crippen molar-refractivity contribution in [2.45, 2.75) is 19.8 Å². The Hall–Kier alpha value is -2.02.